The number of ether oxygens (including phenoxy) is 2. The Kier molecular flexibility index (Phi) is 6.14. The SMILES string of the molecule is COc1cc(C=C2C(=O)NC(=S)N(c3cccc(C)c3C)C2=O)ccc1OCC#N. The van der Waals surface area contributed by atoms with Gasteiger partial charge in [0.25, 0.3) is 11.8 Å². The second-order valence-electron chi connectivity index (χ2n) is 6.53. The normalized spacial score (nSPS) is 15.1. The molecule has 1 saturated heterocycles. The fraction of sp³-hybridized carbons (Fsp3) is 0.182. The number of aryl methyl sites for hydroxylation is 1. The molecule has 1 fully saturated rings. The van der Waals surface area contributed by atoms with Crippen LogP contribution in [0.4, 0.5) is 5.69 Å². The Labute approximate surface area is 179 Å². The van der Waals surface area contributed by atoms with Crippen LogP contribution >= 0.6 is 12.2 Å². The van der Waals surface area contributed by atoms with Crippen molar-refractivity contribution < 1.29 is 19.1 Å². The summed E-state index contributed by atoms with van der Waals surface area (Å²) in [7, 11) is 1.46. The third-order valence-electron chi connectivity index (χ3n) is 4.71. The molecule has 0 bridgehead atoms. The molecule has 0 spiro atoms. The number of rotatable bonds is 5. The van der Waals surface area contributed by atoms with Crippen molar-refractivity contribution in [3.8, 4) is 17.6 Å². The number of methoxy groups -OCH3 is 1. The quantitative estimate of drug-likeness (QED) is 0.453. The van der Waals surface area contributed by atoms with Crippen LogP contribution in [0.1, 0.15) is 16.7 Å². The summed E-state index contributed by atoms with van der Waals surface area (Å²) in [4.78, 5) is 27.0. The number of amides is 2. The molecule has 0 atom stereocenters. The molecule has 1 N–H and O–H groups in total. The van der Waals surface area contributed by atoms with Gasteiger partial charge in [-0.3, -0.25) is 19.8 Å². The molecule has 0 aromatic heterocycles. The van der Waals surface area contributed by atoms with E-state index in [0.29, 0.717) is 22.7 Å². The minimum absolute atomic E-state index is 0.0358. The molecule has 30 heavy (non-hydrogen) atoms. The predicted molar refractivity (Wildman–Crippen MR) is 116 cm³/mol. The molecule has 2 amide bonds. The van der Waals surface area contributed by atoms with Crippen molar-refractivity contribution in [3.63, 3.8) is 0 Å². The van der Waals surface area contributed by atoms with E-state index in [9.17, 15) is 9.59 Å². The van der Waals surface area contributed by atoms with Crippen LogP contribution in [0.5, 0.6) is 11.5 Å². The zero-order valence-corrected chi connectivity index (χ0v) is 17.5. The summed E-state index contributed by atoms with van der Waals surface area (Å²) < 4.78 is 10.6. The maximum Gasteiger partial charge on any atom is 0.270 e. The molecule has 2 aromatic rings. The molecule has 8 heteroatoms. The van der Waals surface area contributed by atoms with Crippen LogP contribution in [0.25, 0.3) is 6.08 Å². The summed E-state index contributed by atoms with van der Waals surface area (Å²) in [6, 6.07) is 12.3. The van der Waals surface area contributed by atoms with Gasteiger partial charge < -0.3 is 9.47 Å². The molecule has 1 heterocycles. The number of nitriles is 1. The number of carbonyl (C=O) groups is 2. The number of thiocarbonyl (C=S) groups is 1. The lowest BCUT2D eigenvalue weighted by atomic mass is 10.0. The van der Waals surface area contributed by atoms with Gasteiger partial charge in [0, 0.05) is 0 Å². The van der Waals surface area contributed by atoms with Crippen LogP contribution in [-0.2, 0) is 9.59 Å². The van der Waals surface area contributed by atoms with Crippen LogP contribution in [0.2, 0.25) is 0 Å². The maximum atomic E-state index is 13.2. The van der Waals surface area contributed by atoms with Crippen molar-refractivity contribution in [3.05, 3.63) is 58.7 Å². The van der Waals surface area contributed by atoms with Crippen molar-refractivity contribution in [2.75, 3.05) is 18.6 Å². The highest BCUT2D eigenvalue weighted by molar-refractivity contribution is 7.80. The van der Waals surface area contributed by atoms with E-state index in [1.54, 1.807) is 24.3 Å². The smallest absolute Gasteiger partial charge is 0.270 e. The molecule has 152 valence electrons. The summed E-state index contributed by atoms with van der Waals surface area (Å²) >= 11 is 5.26. The van der Waals surface area contributed by atoms with Crippen LogP contribution in [0.15, 0.2) is 42.0 Å². The molecule has 0 aliphatic carbocycles. The highest BCUT2D eigenvalue weighted by Gasteiger charge is 2.35. The first-order valence-corrected chi connectivity index (χ1v) is 9.43. The summed E-state index contributed by atoms with van der Waals surface area (Å²) in [5.74, 6) is -0.319. The van der Waals surface area contributed by atoms with E-state index in [-0.39, 0.29) is 17.3 Å². The summed E-state index contributed by atoms with van der Waals surface area (Å²) in [5.41, 5.74) is 3.02. The van der Waals surface area contributed by atoms with Crippen molar-refractivity contribution in [2.24, 2.45) is 0 Å². The molecule has 3 rings (SSSR count). The Morgan fingerprint density at radius 2 is 1.97 bits per heavy atom. The van der Waals surface area contributed by atoms with E-state index < -0.39 is 11.8 Å². The van der Waals surface area contributed by atoms with Crippen molar-refractivity contribution in [2.45, 2.75) is 13.8 Å². The Morgan fingerprint density at radius 1 is 1.20 bits per heavy atom. The molecule has 2 aromatic carbocycles. The maximum absolute atomic E-state index is 13.2. The summed E-state index contributed by atoms with van der Waals surface area (Å²) in [5, 5.41) is 11.3. The molecular formula is C22H19N3O4S. The fourth-order valence-corrected chi connectivity index (χ4v) is 3.30. The number of benzene rings is 2. The fourth-order valence-electron chi connectivity index (χ4n) is 3.02. The van der Waals surface area contributed by atoms with Gasteiger partial charge >= 0.3 is 0 Å². The van der Waals surface area contributed by atoms with Gasteiger partial charge in [-0.05, 0) is 67.0 Å². The van der Waals surface area contributed by atoms with E-state index in [0.717, 1.165) is 11.1 Å². The molecule has 0 saturated carbocycles. The molecule has 1 aliphatic heterocycles. The van der Waals surface area contributed by atoms with Crippen molar-refractivity contribution in [1.82, 2.24) is 5.32 Å². The summed E-state index contributed by atoms with van der Waals surface area (Å²) in [6.45, 7) is 3.71. The monoisotopic (exact) mass is 421 g/mol. The third-order valence-corrected chi connectivity index (χ3v) is 4.99. The van der Waals surface area contributed by atoms with Gasteiger partial charge in [-0.2, -0.15) is 5.26 Å². The minimum atomic E-state index is -0.574. The highest BCUT2D eigenvalue weighted by Crippen LogP contribution is 2.30. The van der Waals surface area contributed by atoms with Crippen LogP contribution < -0.4 is 19.7 Å². The molecule has 0 unspecified atom stereocenters. The first-order valence-electron chi connectivity index (χ1n) is 9.02. The number of hydrogen-bond acceptors (Lipinski definition) is 6. The predicted octanol–water partition coefficient (Wildman–Crippen LogP) is 3.05. The van der Waals surface area contributed by atoms with Crippen molar-refractivity contribution in [1.29, 1.82) is 5.26 Å². The number of nitrogens with zero attached hydrogens (tertiary/aromatic N) is 2. The van der Waals surface area contributed by atoms with Crippen LogP contribution in [0, 0.1) is 25.2 Å². The average Bonchev–Trinajstić information content (AvgIpc) is 2.72. The second kappa shape index (κ2) is 8.76. The zero-order chi connectivity index (χ0) is 21.8. The number of anilines is 1. The van der Waals surface area contributed by atoms with Gasteiger partial charge in [0.2, 0.25) is 0 Å². The van der Waals surface area contributed by atoms with Gasteiger partial charge in [-0.15, -0.1) is 0 Å². The van der Waals surface area contributed by atoms with Crippen LogP contribution in [-0.4, -0.2) is 30.6 Å². The third kappa shape index (κ3) is 4.02. The summed E-state index contributed by atoms with van der Waals surface area (Å²) in [6.07, 6.45) is 1.47. The van der Waals surface area contributed by atoms with Crippen molar-refractivity contribution >= 4 is 40.9 Å². The Morgan fingerprint density at radius 3 is 2.67 bits per heavy atom. The topological polar surface area (TPSA) is 91.7 Å². The average molecular weight is 421 g/mol. The zero-order valence-electron chi connectivity index (χ0n) is 16.7. The van der Waals surface area contributed by atoms with E-state index in [2.05, 4.69) is 5.32 Å². The lowest BCUT2D eigenvalue weighted by molar-refractivity contribution is -0.122. The standard InChI is InChI=1S/C22H19N3O4S/c1-13-5-4-6-17(14(13)2)25-21(27)16(20(26)24-22(25)30)11-15-7-8-18(29-10-9-23)19(12-15)28-3/h4-8,11-12H,10H2,1-3H3,(H,24,26,30). The largest absolute Gasteiger partial charge is 0.493 e. The number of carbonyl (C=O) groups excluding carboxylic acids is 2. The van der Waals surface area contributed by atoms with Gasteiger partial charge in [-0.25, -0.2) is 0 Å². The molecule has 1 aliphatic rings. The van der Waals surface area contributed by atoms with E-state index in [1.807, 2.05) is 32.0 Å². The first kappa shape index (κ1) is 21.0. The highest BCUT2D eigenvalue weighted by atomic mass is 32.1. The molecular weight excluding hydrogens is 402 g/mol. The van der Waals surface area contributed by atoms with Gasteiger partial charge in [0.05, 0.1) is 12.8 Å². The van der Waals surface area contributed by atoms with E-state index in [1.165, 1.54) is 18.1 Å². The number of hydrogen-bond donors (Lipinski definition) is 1. The Balaban J connectivity index is 2.01. The lowest BCUT2D eigenvalue weighted by Crippen LogP contribution is -2.54. The van der Waals surface area contributed by atoms with Crippen LogP contribution in [0.3, 0.4) is 0 Å². The second-order valence-corrected chi connectivity index (χ2v) is 6.92. The lowest BCUT2D eigenvalue weighted by Gasteiger charge is -2.30. The van der Waals surface area contributed by atoms with E-state index in [4.69, 9.17) is 27.0 Å². The molecule has 0 radical (unpaired) electrons. The Bertz CT molecular complexity index is 1120. The van der Waals surface area contributed by atoms with E-state index >= 15 is 0 Å². The van der Waals surface area contributed by atoms with Gasteiger partial charge in [0.1, 0.15) is 11.6 Å². The van der Waals surface area contributed by atoms with Gasteiger partial charge in [0.15, 0.2) is 23.2 Å². The number of nitrogens with one attached hydrogen (secondary N) is 1. The molecule has 7 nitrogen and oxygen atoms in total. The minimum Gasteiger partial charge on any atom is -0.493 e. The van der Waals surface area contributed by atoms with Gasteiger partial charge in [-0.1, -0.05) is 18.2 Å². The Hall–Kier alpha value is -3.70. The first-order chi connectivity index (χ1) is 14.4.